The number of hydrogen-bond donors (Lipinski definition) is 2. The Morgan fingerprint density at radius 3 is 2.50 bits per heavy atom. The molecule has 82 valence electrons. The molecule has 0 heterocycles. The van der Waals surface area contributed by atoms with E-state index >= 15 is 0 Å². The summed E-state index contributed by atoms with van der Waals surface area (Å²) in [5, 5.41) is 11.9. The molecule has 0 aliphatic heterocycles. The molecule has 1 atom stereocenters. The van der Waals surface area contributed by atoms with Crippen LogP contribution in [-0.2, 0) is 4.79 Å². The number of amides is 1. The highest BCUT2D eigenvalue weighted by Gasteiger charge is 2.27. The Labute approximate surface area is 85.9 Å². The van der Waals surface area contributed by atoms with E-state index in [1.807, 2.05) is 0 Å². The smallest absolute Gasteiger partial charge is 0.223 e. The summed E-state index contributed by atoms with van der Waals surface area (Å²) >= 11 is 0. The zero-order valence-electron chi connectivity index (χ0n) is 9.12. The van der Waals surface area contributed by atoms with Gasteiger partial charge in [0, 0.05) is 18.6 Å². The van der Waals surface area contributed by atoms with E-state index in [-0.39, 0.29) is 24.5 Å². The summed E-state index contributed by atoms with van der Waals surface area (Å²) in [4.78, 5) is 11.6. The first kappa shape index (κ1) is 11.5. The van der Waals surface area contributed by atoms with Crippen molar-refractivity contribution in [2.75, 3.05) is 6.61 Å². The lowest BCUT2D eigenvalue weighted by Gasteiger charge is -2.28. The van der Waals surface area contributed by atoms with Gasteiger partial charge in [0.25, 0.3) is 0 Å². The molecule has 1 aliphatic rings. The van der Waals surface area contributed by atoms with Crippen LogP contribution < -0.4 is 5.32 Å². The van der Waals surface area contributed by atoms with E-state index < -0.39 is 0 Å². The molecule has 0 bridgehead atoms. The van der Waals surface area contributed by atoms with E-state index in [1.165, 1.54) is 6.42 Å². The quantitative estimate of drug-likeness (QED) is 0.701. The van der Waals surface area contributed by atoms with E-state index in [9.17, 15) is 4.79 Å². The first-order chi connectivity index (χ1) is 6.65. The van der Waals surface area contributed by atoms with Crippen LogP contribution in [0.15, 0.2) is 0 Å². The minimum absolute atomic E-state index is 0.133. The maximum absolute atomic E-state index is 11.6. The summed E-state index contributed by atoms with van der Waals surface area (Å²) in [6, 6.07) is 0.133. The molecule has 3 nitrogen and oxygen atoms in total. The average Bonchev–Trinajstić information content (AvgIpc) is 1.99. The third kappa shape index (κ3) is 2.98. The van der Waals surface area contributed by atoms with Crippen LogP contribution in [0.1, 0.15) is 39.5 Å². The minimum Gasteiger partial charge on any atom is -0.396 e. The maximum atomic E-state index is 11.6. The summed E-state index contributed by atoms with van der Waals surface area (Å²) < 4.78 is 0. The normalized spacial score (nSPS) is 19.1. The second-order valence-corrected chi connectivity index (χ2v) is 4.50. The molecule has 1 aliphatic carbocycles. The van der Waals surface area contributed by atoms with Gasteiger partial charge in [0.05, 0.1) is 0 Å². The Bertz CT molecular complexity index is 188. The Balaban J connectivity index is 2.33. The Morgan fingerprint density at radius 1 is 1.50 bits per heavy atom. The molecule has 14 heavy (non-hydrogen) atoms. The topological polar surface area (TPSA) is 49.3 Å². The van der Waals surface area contributed by atoms with E-state index in [0.29, 0.717) is 12.3 Å². The molecule has 1 rings (SSSR count). The highest BCUT2D eigenvalue weighted by atomic mass is 16.3. The van der Waals surface area contributed by atoms with Crippen molar-refractivity contribution in [1.29, 1.82) is 0 Å². The summed E-state index contributed by atoms with van der Waals surface area (Å²) in [6.45, 7) is 4.29. The number of carbonyl (C=O) groups excluding carboxylic acids is 1. The summed E-state index contributed by atoms with van der Waals surface area (Å²) in [6.07, 6.45) is 3.92. The van der Waals surface area contributed by atoms with Crippen molar-refractivity contribution in [1.82, 2.24) is 5.32 Å². The van der Waals surface area contributed by atoms with Crippen LogP contribution in [0.4, 0.5) is 0 Å². The number of nitrogens with one attached hydrogen (secondary N) is 1. The molecule has 0 aromatic heterocycles. The Kier molecular flexibility index (Phi) is 4.39. The lowest BCUT2D eigenvalue weighted by Crippen LogP contribution is -2.43. The number of rotatable bonds is 5. The molecule has 3 heteroatoms. The molecule has 2 N–H and O–H groups in total. The maximum Gasteiger partial charge on any atom is 0.223 e. The van der Waals surface area contributed by atoms with Crippen molar-refractivity contribution in [3.63, 3.8) is 0 Å². The molecule has 1 saturated carbocycles. The van der Waals surface area contributed by atoms with Gasteiger partial charge in [0.15, 0.2) is 0 Å². The van der Waals surface area contributed by atoms with Gasteiger partial charge < -0.3 is 10.4 Å². The SMILES string of the molecule is CC(C)C(CCO)NC(=O)C1CCC1. The molecule has 0 spiro atoms. The zero-order chi connectivity index (χ0) is 10.6. The molecular weight excluding hydrogens is 178 g/mol. The third-order valence-corrected chi connectivity index (χ3v) is 3.05. The van der Waals surface area contributed by atoms with Gasteiger partial charge >= 0.3 is 0 Å². The molecule has 0 aromatic rings. The second kappa shape index (κ2) is 5.35. The van der Waals surface area contributed by atoms with Crippen LogP contribution in [0.3, 0.4) is 0 Å². The van der Waals surface area contributed by atoms with Crippen molar-refractivity contribution >= 4 is 5.91 Å². The first-order valence-corrected chi connectivity index (χ1v) is 5.56. The standard InChI is InChI=1S/C11H21NO2/c1-8(2)10(6-7-13)12-11(14)9-4-3-5-9/h8-10,13H,3-7H2,1-2H3,(H,12,14). The lowest BCUT2D eigenvalue weighted by atomic mass is 9.84. The molecule has 0 saturated heterocycles. The molecule has 0 radical (unpaired) electrons. The van der Waals surface area contributed by atoms with Gasteiger partial charge in [0.1, 0.15) is 0 Å². The van der Waals surface area contributed by atoms with Gasteiger partial charge in [-0.15, -0.1) is 0 Å². The second-order valence-electron chi connectivity index (χ2n) is 4.50. The fraction of sp³-hybridized carbons (Fsp3) is 0.909. The molecule has 1 amide bonds. The summed E-state index contributed by atoms with van der Waals surface area (Å²) in [5.74, 6) is 0.824. The van der Waals surface area contributed by atoms with Crippen LogP contribution in [0.25, 0.3) is 0 Å². The minimum atomic E-state index is 0.133. The van der Waals surface area contributed by atoms with Gasteiger partial charge in [-0.2, -0.15) is 0 Å². The molecular formula is C11H21NO2. The number of carbonyl (C=O) groups is 1. The Morgan fingerprint density at radius 2 is 2.14 bits per heavy atom. The van der Waals surface area contributed by atoms with E-state index in [4.69, 9.17) is 5.11 Å². The first-order valence-electron chi connectivity index (χ1n) is 5.56. The molecule has 1 fully saturated rings. The number of hydrogen-bond acceptors (Lipinski definition) is 2. The zero-order valence-corrected chi connectivity index (χ0v) is 9.12. The van der Waals surface area contributed by atoms with Crippen LogP contribution >= 0.6 is 0 Å². The van der Waals surface area contributed by atoms with Crippen LogP contribution in [0.2, 0.25) is 0 Å². The van der Waals surface area contributed by atoms with E-state index in [2.05, 4.69) is 19.2 Å². The van der Waals surface area contributed by atoms with Gasteiger partial charge in [-0.25, -0.2) is 0 Å². The molecule has 1 unspecified atom stereocenters. The third-order valence-electron chi connectivity index (χ3n) is 3.05. The van der Waals surface area contributed by atoms with Gasteiger partial charge in [0.2, 0.25) is 5.91 Å². The van der Waals surface area contributed by atoms with Crippen LogP contribution in [-0.4, -0.2) is 23.7 Å². The van der Waals surface area contributed by atoms with Crippen molar-refractivity contribution in [2.24, 2.45) is 11.8 Å². The average molecular weight is 199 g/mol. The van der Waals surface area contributed by atoms with Crippen molar-refractivity contribution < 1.29 is 9.90 Å². The largest absolute Gasteiger partial charge is 0.396 e. The fourth-order valence-electron chi connectivity index (χ4n) is 1.68. The highest BCUT2D eigenvalue weighted by Crippen LogP contribution is 2.26. The predicted octanol–water partition coefficient (Wildman–Crippen LogP) is 1.31. The van der Waals surface area contributed by atoms with Crippen LogP contribution in [0, 0.1) is 11.8 Å². The van der Waals surface area contributed by atoms with E-state index in [1.54, 1.807) is 0 Å². The van der Waals surface area contributed by atoms with Gasteiger partial charge in [-0.05, 0) is 25.2 Å². The highest BCUT2D eigenvalue weighted by molar-refractivity contribution is 5.79. The predicted molar refractivity (Wildman–Crippen MR) is 55.8 cm³/mol. The van der Waals surface area contributed by atoms with Crippen molar-refractivity contribution in [3.05, 3.63) is 0 Å². The summed E-state index contributed by atoms with van der Waals surface area (Å²) in [7, 11) is 0. The van der Waals surface area contributed by atoms with Crippen molar-refractivity contribution in [2.45, 2.75) is 45.6 Å². The van der Waals surface area contributed by atoms with Crippen molar-refractivity contribution in [3.8, 4) is 0 Å². The fourth-order valence-corrected chi connectivity index (χ4v) is 1.68. The molecule has 0 aromatic carbocycles. The van der Waals surface area contributed by atoms with Gasteiger partial charge in [-0.3, -0.25) is 4.79 Å². The monoisotopic (exact) mass is 199 g/mol. The van der Waals surface area contributed by atoms with Crippen LogP contribution in [0.5, 0.6) is 0 Å². The number of aliphatic hydroxyl groups is 1. The van der Waals surface area contributed by atoms with E-state index in [0.717, 1.165) is 12.8 Å². The Hall–Kier alpha value is -0.570. The summed E-state index contributed by atoms with van der Waals surface area (Å²) in [5.41, 5.74) is 0. The lowest BCUT2D eigenvalue weighted by molar-refractivity contribution is -0.128. The number of aliphatic hydroxyl groups excluding tert-OH is 1. The van der Waals surface area contributed by atoms with Gasteiger partial charge in [-0.1, -0.05) is 20.3 Å².